The summed E-state index contributed by atoms with van der Waals surface area (Å²) in [5.74, 6) is 1.63. The zero-order valence-electron chi connectivity index (χ0n) is 12.3. The van der Waals surface area contributed by atoms with Crippen LogP contribution in [0.5, 0.6) is 0 Å². The lowest BCUT2D eigenvalue weighted by Crippen LogP contribution is -2.33. The minimum Gasteiger partial charge on any atom is -0.306 e. The quantitative estimate of drug-likeness (QED) is 0.688. The molecule has 0 atom stereocenters. The van der Waals surface area contributed by atoms with Gasteiger partial charge in [-0.1, -0.05) is 20.8 Å². The number of nitrogens with zero attached hydrogens (tertiary/aromatic N) is 3. The van der Waals surface area contributed by atoms with Crippen LogP contribution >= 0.6 is 27.5 Å². The summed E-state index contributed by atoms with van der Waals surface area (Å²) in [4.78, 5) is 9.36. The number of pyridine rings is 1. The Morgan fingerprint density at radius 2 is 1.90 bits per heavy atom. The number of alkyl halides is 1. The van der Waals surface area contributed by atoms with Crippen LogP contribution in [0.3, 0.4) is 0 Å². The Morgan fingerprint density at radius 1 is 1.25 bits per heavy atom. The molecule has 0 N–H and O–H groups in total. The maximum atomic E-state index is 5.96. The highest BCUT2D eigenvalue weighted by molar-refractivity contribution is 9.10. The number of hydrogen-bond acceptors (Lipinski definition) is 2. The summed E-state index contributed by atoms with van der Waals surface area (Å²) in [6, 6.07) is 2.03. The Morgan fingerprint density at radius 3 is 2.45 bits per heavy atom. The molecule has 0 fully saturated rings. The number of aromatic nitrogens is 3. The zero-order chi connectivity index (χ0) is 14.8. The van der Waals surface area contributed by atoms with Crippen molar-refractivity contribution in [3.63, 3.8) is 0 Å². The van der Waals surface area contributed by atoms with Crippen molar-refractivity contribution in [2.24, 2.45) is 0 Å². The van der Waals surface area contributed by atoms with Crippen LogP contribution in [0, 0.1) is 0 Å². The molecule has 2 aromatic rings. The maximum absolute atomic E-state index is 5.96. The molecule has 3 nitrogen and oxygen atoms in total. The molecular formula is C15H21BrClN3. The molecule has 0 spiro atoms. The van der Waals surface area contributed by atoms with Crippen LogP contribution < -0.4 is 0 Å². The monoisotopic (exact) mass is 357 g/mol. The van der Waals surface area contributed by atoms with Crippen molar-refractivity contribution in [3.05, 3.63) is 22.6 Å². The predicted molar refractivity (Wildman–Crippen MR) is 88.5 cm³/mol. The van der Waals surface area contributed by atoms with Gasteiger partial charge in [-0.25, -0.2) is 9.97 Å². The third-order valence-electron chi connectivity index (χ3n) is 4.30. The van der Waals surface area contributed by atoms with Gasteiger partial charge in [0.25, 0.3) is 0 Å². The molecule has 0 amide bonds. The van der Waals surface area contributed by atoms with Gasteiger partial charge in [-0.15, -0.1) is 11.6 Å². The van der Waals surface area contributed by atoms with E-state index in [-0.39, 0.29) is 5.54 Å². The van der Waals surface area contributed by atoms with Gasteiger partial charge in [0.05, 0.1) is 0 Å². The molecule has 110 valence electrons. The van der Waals surface area contributed by atoms with Gasteiger partial charge in [0.15, 0.2) is 5.65 Å². The molecule has 0 aliphatic carbocycles. The largest absolute Gasteiger partial charge is 0.306 e. The topological polar surface area (TPSA) is 30.7 Å². The minimum atomic E-state index is 0.0803. The average molecular weight is 359 g/mol. The van der Waals surface area contributed by atoms with E-state index in [4.69, 9.17) is 16.6 Å². The van der Waals surface area contributed by atoms with Crippen LogP contribution in [-0.2, 0) is 12.0 Å². The van der Waals surface area contributed by atoms with Gasteiger partial charge in [-0.3, -0.25) is 0 Å². The molecule has 0 aromatic carbocycles. The van der Waals surface area contributed by atoms with Crippen LogP contribution in [0.15, 0.2) is 16.7 Å². The van der Waals surface area contributed by atoms with Crippen molar-refractivity contribution in [2.75, 3.05) is 5.88 Å². The third kappa shape index (κ3) is 2.60. The SMILES string of the molecule is CCC(CC)(CC)n1c(CCCl)nc2cc(Br)cnc21. The Balaban J connectivity index is 2.73. The van der Waals surface area contributed by atoms with E-state index in [9.17, 15) is 0 Å². The van der Waals surface area contributed by atoms with Crippen molar-refractivity contribution in [2.45, 2.75) is 52.0 Å². The van der Waals surface area contributed by atoms with Gasteiger partial charge in [0, 0.05) is 28.5 Å². The van der Waals surface area contributed by atoms with Crippen molar-refractivity contribution >= 4 is 38.7 Å². The molecule has 0 saturated carbocycles. The first-order valence-corrected chi connectivity index (χ1v) is 8.54. The lowest BCUT2D eigenvalue weighted by Gasteiger charge is -2.34. The molecule has 0 aliphatic rings. The normalized spacial score (nSPS) is 12.2. The molecule has 0 bridgehead atoms. The number of aryl methyl sites for hydroxylation is 1. The second kappa shape index (κ2) is 6.44. The summed E-state index contributed by atoms with van der Waals surface area (Å²) in [5, 5.41) is 0. The second-order valence-corrected chi connectivity index (χ2v) is 6.38. The Kier molecular flexibility index (Phi) is 5.08. The van der Waals surface area contributed by atoms with Gasteiger partial charge < -0.3 is 4.57 Å². The van der Waals surface area contributed by atoms with Gasteiger partial charge in [0.2, 0.25) is 0 Å². The van der Waals surface area contributed by atoms with Crippen LogP contribution in [0.2, 0.25) is 0 Å². The van der Waals surface area contributed by atoms with Crippen molar-refractivity contribution in [1.29, 1.82) is 0 Å². The average Bonchev–Trinajstić information content (AvgIpc) is 2.80. The molecular weight excluding hydrogens is 338 g/mol. The van der Waals surface area contributed by atoms with Crippen molar-refractivity contribution in [3.8, 4) is 0 Å². The standard InChI is InChI=1S/C15H21BrClN3/c1-4-15(5-2,6-3)20-13(7-8-17)19-12-9-11(16)10-18-14(12)20/h9-10H,4-8H2,1-3H3. The fraction of sp³-hybridized carbons (Fsp3) is 0.600. The summed E-state index contributed by atoms with van der Waals surface area (Å²) in [7, 11) is 0. The van der Waals surface area contributed by atoms with E-state index in [1.807, 2.05) is 12.3 Å². The number of rotatable bonds is 6. The predicted octanol–water partition coefficient (Wildman–Crippen LogP) is 4.90. The molecule has 0 saturated heterocycles. The van der Waals surface area contributed by atoms with E-state index in [2.05, 4.69) is 46.3 Å². The van der Waals surface area contributed by atoms with E-state index < -0.39 is 0 Å². The fourth-order valence-corrected chi connectivity index (χ4v) is 3.45. The maximum Gasteiger partial charge on any atom is 0.160 e. The molecule has 0 radical (unpaired) electrons. The molecule has 2 heterocycles. The highest BCUT2D eigenvalue weighted by atomic mass is 79.9. The second-order valence-electron chi connectivity index (χ2n) is 5.08. The van der Waals surface area contributed by atoms with E-state index in [1.165, 1.54) is 0 Å². The van der Waals surface area contributed by atoms with E-state index >= 15 is 0 Å². The minimum absolute atomic E-state index is 0.0803. The van der Waals surface area contributed by atoms with Crippen molar-refractivity contribution < 1.29 is 0 Å². The summed E-state index contributed by atoms with van der Waals surface area (Å²) < 4.78 is 3.29. The first-order valence-electron chi connectivity index (χ1n) is 7.21. The summed E-state index contributed by atoms with van der Waals surface area (Å²) in [6.45, 7) is 6.71. The molecule has 0 aliphatic heterocycles. The number of halogens is 2. The molecule has 20 heavy (non-hydrogen) atoms. The summed E-state index contributed by atoms with van der Waals surface area (Å²) in [6.07, 6.45) is 5.82. The van der Waals surface area contributed by atoms with Gasteiger partial charge in [-0.05, 0) is 41.3 Å². The van der Waals surface area contributed by atoms with E-state index in [1.54, 1.807) is 0 Å². The highest BCUT2D eigenvalue weighted by Crippen LogP contribution is 2.34. The van der Waals surface area contributed by atoms with Crippen molar-refractivity contribution in [1.82, 2.24) is 14.5 Å². The van der Waals surface area contributed by atoms with Crippen LogP contribution in [0.4, 0.5) is 0 Å². The van der Waals surface area contributed by atoms with E-state index in [0.29, 0.717) is 5.88 Å². The van der Waals surface area contributed by atoms with Gasteiger partial charge in [-0.2, -0.15) is 0 Å². The fourth-order valence-electron chi connectivity index (χ4n) is 2.96. The lowest BCUT2D eigenvalue weighted by molar-refractivity contribution is 0.250. The number of imidazole rings is 1. The highest BCUT2D eigenvalue weighted by Gasteiger charge is 2.31. The molecule has 2 aromatic heterocycles. The number of fused-ring (bicyclic) bond motifs is 1. The summed E-state index contributed by atoms with van der Waals surface area (Å²) >= 11 is 9.43. The Hall–Kier alpha value is -0.610. The molecule has 0 unspecified atom stereocenters. The summed E-state index contributed by atoms with van der Waals surface area (Å²) in [5.41, 5.74) is 2.00. The van der Waals surface area contributed by atoms with Gasteiger partial charge in [0.1, 0.15) is 11.3 Å². The van der Waals surface area contributed by atoms with Crippen LogP contribution in [0.1, 0.15) is 45.9 Å². The number of hydrogen-bond donors (Lipinski definition) is 0. The smallest absolute Gasteiger partial charge is 0.160 e. The third-order valence-corrected chi connectivity index (χ3v) is 4.92. The first kappa shape index (κ1) is 15.8. The Labute approximate surface area is 133 Å². The first-order chi connectivity index (χ1) is 9.61. The van der Waals surface area contributed by atoms with E-state index in [0.717, 1.165) is 47.1 Å². The van der Waals surface area contributed by atoms with Crippen LogP contribution in [-0.4, -0.2) is 20.4 Å². The molecule has 2 rings (SSSR count). The zero-order valence-corrected chi connectivity index (χ0v) is 14.6. The van der Waals surface area contributed by atoms with Crippen LogP contribution in [0.25, 0.3) is 11.2 Å². The Bertz CT molecular complexity index is 582. The lowest BCUT2D eigenvalue weighted by atomic mass is 9.89. The van der Waals surface area contributed by atoms with Gasteiger partial charge >= 0.3 is 0 Å². The molecule has 5 heteroatoms.